The summed E-state index contributed by atoms with van der Waals surface area (Å²) in [6, 6.07) is 12.2. The fraction of sp³-hybridized carbons (Fsp3) is 0.552. The van der Waals surface area contributed by atoms with E-state index in [9.17, 15) is 13.2 Å². The van der Waals surface area contributed by atoms with Crippen molar-refractivity contribution in [3.63, 3.8) is 0 Å². The number of aromatic nitrogens is 3. The molecule has 11 heteroatoms. The van der Waals surface area contributed by atoms with Gasteiger partial charge in [-0.3, -0.25) is 0 Å². The monoisotopic (exact) mass is 566 g/mol. The van der Waals surface area contributed by atoms with Gasteiger partial charge in [-0.1, -0.05) is 31.0 Å². The van der Waals surface area contributed by atoms with E-state index in [1.807, 2.05) is 39.9 Å². The number of carbonyl (C=O) groups is 1. The van der Waals surface area contributed by atoms with Crippen molar-refractivity contribution < 1.29 is 18.0 Å². The van der Waals surface area contributed by atoms with Crippen LogP contribution >= 0.6 is 0 Å². The van der Waals surface area contributed by atoms with Crippen molar-refractivity contribution in [2.75, 3.05) is 36.8 Å². The summed E-state index contributed by atoms with van der Waals surface area (Å²) in [6.07, 6.45) is 9.35. The van der Waals surface area contributed by atoms with Gasteiger partial charge in [-0.25, -0.2) is 22.9 Å². The molecule has 3 aromatic rings. The lowest BCUT2D eigenvalue weighted by Crippen LogP contribution is -2.46. The number of nitrogens with zero attached hydrogens (tertiary/aromatic N) is 5. The highest BCUT2D eigenvalue weighted by Gasteiger charge is 2.33. The molecule has 40 heavy (non-hydrogen) atoms. The van der Waals surface area contributed by atoms with E-state index in [0.29, 0.717) is 17.6 Å². The number of carbonyl (C=O) groups excluding carboxylic acids is 1. The third-order valence-electron chi connectivity index (χ3n) is 8.70. The molecular formula is C29H38N6O4S. The second-order valence-electron chi connectivity index (χ2n) is 11.2. The SMILES string of the molecule is CCS(=O)(=O)NOC(=O)c1cc(N2CCC(N3CCCCC3)CC2)c2c(C3CCC3)nn(-c3ccccc3)c2n1. The van der Waals surface area contributed by atoms with Gasteiger partial charge in [0.1, 0.15) is 0 Å². The summed E-state index contributed by atoms with van der Waals surface area (Å²) in [6.45, 7) is 5.59. The van der Waals surface area contributed by atoms with Crippen molar-refractivity contribution in [2.45, 2.75) is 70.3 Å². The van der Waals surface area contributed by atoms with Crippen LogP contribution in [0.15, 0.2) is 36.4 Å². The number of pyridine rings is 1. The number of benzene rings is 1. The summed E-state index contributed by atoms with van der Waals surface area (Å²) in [5.41, 5.74) is 3.46. The van der Waals surface area contributed by atoms with E-state index < -0.39 is 16.0 Å². The van der Waals surface area contributed by atoms with Gasteiger partial charge in [-0.2, -0.15) is 5.10 Å². The Kier molecular flexibility index (Phi) is 7.78. The van der Waals surface area contributed by atoms with Crippen molar-refractivity contribution >= 4 is 32.7 Å². The lowest BCUT2D eigenvalue weighted by Gasteiger charge is -2.41. The number of likely N-dealkylation sites (tertiary alicyclic amines) is 1. The van der Waals surface area contributed by atoms with Crippen LogP contribution in [-0.4, -0.2) is 72.0 Å². The van der Waals surface area contributed by atoms with Crippen LogP contribution in [0.1, 0.15) is 80.4 Å². The molecule has 6 rings (SSSR count). The van der Waals surface area contributed by atoms with Crippen LogP contribution in [0.4, 0.5) is 5.69 Å². The highest BCUT2D eigenvalue weighted by molar-refractivity contribution is 7.89. The number of hydrogen-bond donors (Lipinski definition) is 1. The number of anilines is 1. The average molecular weight is 567 g/mol. The summed E-state index contributed by atoms with van der Waals surface area (Å²) in [7, 11) is -3.72. The molecule has 3 aliphatic rings. The quantitative estimate of drug-likeness (QED) is 0.405. The Morgan fingerprint density at radius 3 is 2.38 bits per heavy atom. The maximum atomic E-state index is 13.1. The smallest absolute Gasteiger partial charge is 0.371 e. The van der Waals surface area contributed by atoms with Crippen LogP contribution in [0.5, 0.6) is 0 Å². The molecule has 1 aliphatic carbocycles. The standard InChI is InChI=1S/C29H38N6O4S/c1-2-40(37,38)32-39-29(36)24-20-25(34-18-14-22(15-19-34)33-16-7-4-8-17-33)26-27(21-10-9-11-21)31-35(28(26)30-24)23-12-5-3-6-13-23/h3,5-6,12-13,20-22,32H,2,4,7-11,14-19H2,1H3. The van der Waals surface area contributed by atoms with Crippen LogP contribution in [-0.2, 0) is 14.9 Å². The highest BCUT2D eigenvalue weighted by atomic mass is 32.2. The van der Waals surface area contributed by atoms with Gasteiger partial charge in [0.25, 0.3) is 0 Å². The second-order valence-corrected chi connectivity index (χ2v) is 13.2. The summed E-state index contributed by atoms with van der Waals surface area (Å²) in [5.74, 6) is -0.683. The number of hydrogen-bond acceptors (Lipinski definition) is 8. The van der Waals surface area contributed by atoms with Crippen LogP contribution < -0.4 is 9.79 Å². The summed E-state index contributed by atoms with van der Waals surface area (Å²) < 4.78 is 25.7. The average Bonchev–Trinajstić information content (AvgIpc) is 3.34. The third-order valence-corrected chi connectivity index (χ3v) is 9.80. The third kappa shape index (κ3) is 5.46. The normalized spacial score (nSPS) is 19.6. The predicted octanol–water partition coefficient (Wildman–Crippen LogP) is 4.15. The zero-order valence-corrected chi connectivity index (χ0v) is 23.9. The highest BCUT2D eigenvalue weighted by Crippen LogP contribution is 2.43. The fourth-order valence-corrected chi connectivity index (χ4v) is 6.48. The first kappa shape index (κ1) is 27.2. The number of sulfonamides is 1. The van der Waals surface area contributed by atoms with Crippen LogP contribution in [0.25, 0.3) is 16.7 Å². The molecule has 2 saturated heterocycles. The maximum Gasteiger partial charge on any atom is 0.376 e. The van der Waals surface area contributed by atoms with E-state index in [-0.39, 0.29) is 11.4 Å². The molecule has 4 heterocycles. The Balaban J connectivity index is 1.41. The van der Waals surface area contributed by atoms with Crippen molar-refractivity contribution in [2.24, 2.45) is 0 Å². The molecule has 0 bridgehead atoms. The molecule has 1 aromatic carbocycles. The molecule has 0 radical (unpaired) electrons. The van der Waals surface area contributed by atoms with Crippen LogP contribution in [0, 0.1) is 0 Å². The van der Waals surface area contributed by atoms with Gasteiger partial charge >= 0.3 is 5.97 Å². The summed E-state index contributed by atoms with van der Waals surface area (Å²) in [4.78, 5) is 29.8. The molecule has 1 N–H and O–H groups in total. The maximum absolute atomic E-state index is 13.1. The zero-order chi connectivity index (χ0) is 27.7. The van der Waals surface area contributed by atoms with E-state index >= 15 is 0 Å². The molecule has 1 saturated carbocycles. The van der Waals surface area contributed by atoms with E-state index in [1.165, 1.54) is 45.7 Å². The molecule has 2 aromatic heterocycles. The Hall–Kier alpha value is -3.02. The molecule has 214 valence electrons. The van der Waals surface area contributed by atoms with Crippen LogP contribution in [0.2, 0.25) is 0 Å². The van der Waals surface area contributed by atoms with E-state index in [1.54, 1.807) is 6.07 Å². The van der Waals surface area contributed by atoms with Crippen LogP contribution in [0.3, 0.4) is 0 Å². The van der Waals surface area contributed by atoms with Gasteiger partial charge in [0.15, 0.2) is 11.3 Å². The first-order valence-corrected chi connectivity index (χ1v) is 16.3. The molecule has 0 atom stereocenters. The first-order valence-electron chi connectivity index (χ1n) is 14.6. The van der Waals surface area contributed by atoms with Crippen molar-refractivity contribution in [1.29, 1.82) is 0 Å². The molecule has 0 spiro atoms. The minimum atomic E-state index is -3.72. The first-order chi connectivity index (χ1) is 19.4. The molecule has 2 aliphatic heterocycles. The fourth-order valence-electron chi connectivity index (χ4n) is 6.16. The minimum absolute atomic E-state index is 0.0525. The van der Waals surface area contributed by atoms with Crippen molar-refractivity contribution in [3.05, 3.63) is 47.8 Å². The number of rotatable bonds is 8. The zero-order valence-electron chi connectivity index (χ0n) is 23.1. The van der Waals surface area contributed by atoms with Crippen molar-refractivity contribution in [3.8, 4) is 5.69 Å². The Morgan fingerprint density at radius 2 is 1.73 bits per heavy atom. The largest absolute Gasteiger partial charge is 0.376 e. The van der Waals surface area contributed by atoms with E-state index in [0.717, 1.165) is 61.2 Å². The summed E-state index contributed by atoms with van der Waals surface area (Å²) >= 11 is 0. The van der Waals surface area contributed by atoms with E-state index in [4.69, 9.17) is 14.9 Å². The van der Waals surface area contributed by atoms with Gasteiger partial charge in [0, 0.05) is 25.0 Å². The molecular weight excluding hydrogens is 528 g/mol. The Labute approximate surface area is 235 Å². The molecule has 0 unspecified atom stereocenters. The molecule has 10 nitrogen and oxygen atoms in total. The number of nitrogens with one attached hydrogen (secondary N) is 1. The predicted molar refractivity (Wildman–Crippen MR) is 154 cm³/mol. The second kappa shape index (κ2) is 11.5. The Morgan fingerprint density at radius 1 is 1.00 bits per heavy atom. The minimum Gasteiger partial charge on any atom is -0.371 e. The van der Waals surface area contributed by atoms with E-state index in [2.05, 4.69) is 9.80 Å². The van der Waals surface area contributed by atoms with Gasteiger partial charge in [0.2, 0.25) is 10.0 Å². The van der Waals surface area contributed by atoms with Gasteiger partial charge < -0.3 is 14.6 Å². The number of fused-ring (bicyclic) bond motifs is 1. The topological polar surface area (TPSA) is 110 Å². The molecule has 0 amide bonds. The molecule has 3 fully saturated rings. The Bertz CT molecular complexity index is 1460. The van der Waals surface area contributed by atoms with Crippen molar-refractivity contribution in [1.82, 2.24) is 24.5 Å². The summed E-state index contributed by atoms with van der Waals surface area (Å²) in [5, 5.41) is 6.06. The van der Waals surface area contributed by atoms with Gasteiger partial charge in [-0.15, -0.1) is 0 Å². The lowest BCUT2D eigenvalue weighted by molar-refractivity contribution is 0.0401. The van der Waals surface area contributed by atoms with Gasteiger partial charge in [-0.05, 0) is 81.6 Å². The lowest BCUT2D eigenvalue weighted by atomic mass is 9.82. The number of para-hydroxylation sites is 1. The van der Waals surface area contributed by atoms with Gasteiger partial charge in [0.05, 0.1) is 28.2 Å². The number of piperidine rings is 2.